The van der Waals surface area contributed by atoms with E-state index in [9.17, 15) is 19.5 Å². The van der Waals surface area contributed by atoms with Crippen molar-refractivity contribution in [3.8, 4) is 0 Å². The summed E-state index contributed by atoms with van der Waals surface area (Å²) < 4.78 is 11.9. The van der Waals surface area contributed by atoms with Crippen molar-refractivity contribution in [3.63, 3.8) is 0 Å². The van der Waals surface area contributed by atoms with E-state index in [0.717, 1.165) is 10.9 Å². The van der Waals surface area contributed by atoms with Crippen LogP contribution in [-0.4, -0.2) is 46.0 Å². The van der Waals surface area contributed by atoms with E-state index < -0.39 is 23.7 Å². The second kappa shape index (κ2) is 8.77. The zero-order chi connectivity index (χ0) is 20.9. The molecule has 1 atom stereocenters. The molecule has 1 unspecified atom stereocenters. The van der Waals surface area contributed by atoms with Crippen molar-refractivity contribution < 1.29 is 29.0 Å². The minimum Gasteiger partial charge on any atom is -0.480 e. The van der Waals surface area contributed by atoms with Crippen LogP contribution < -0.4 is 5.32 Å². The first kappa shape index (κ1) is 21.3. The van der Waals surface area contributed by atoms with Gasteiger partial charge in [0, 0.05) is 23.5 Å². The number of rotatable bonds is 7. The van der Waals surface area contributed by atoms with Gasteiger partial charge in [0.05, 0.1) is 6.61 Å². The van der Waals surface area contributed by atoms with Gasteiger partial charge >= 0.3 is 18.0 Å². The van der Waals surface area contributed by atoms with Gasteiger partial charge in [-0.25, -0.2) is 9.59 Å². The SMILES string of the molecule is CCOC(=O)Cn1cc(CC(NC(=O)OC(C)(C)C)C(=O)O)c2ccccc21. The Hall–Kier alpha value is -3.03. The van der Waals surface area contributed by atoms with Gasteiger partial charge in [-0.2, -0.15) is 0 Å². The normalized spacial score (nSPS) is 12.4. The molecule has 1 aromatic heterocycles. The number of amides is 1. The van der Waals surface area contributed by atoms with Crippen molar-refractivity contribution in [3.05, 3.63) is 36.0 Å². The Morgan fingerprint density at radius 2 is 1.89 bits per heavy atom. The van der Waals surface area contributed by atoms with Gasteiger partial charge in [-0.15, -0.1) is 0 Å². The molecule has 0 saturated carbocycles. The predicted octanol–water partition coefficient (Wildman–Crippen LogP) is 2.72. The highest BCUT2D eigenvalue weighted by atomic mass is 16.6. The molecule has 0 fully saturated rings. The lowest BCUT2D eigenvalue weighted by molar-refractivity contribution is -0.143. The van der Waals surface area contributed by atoms with Crippen LogP contribution in [0, 0.1) is 0 Å². The highest BCUT2D eigenvalue weighted by molar-refractivity contribution is 5.87. The second-order valence-corrected chi connectivity index (χ2v) is 7.35. The van der Waals surface area contributed by atoms with Gasteiger partial charge in [-0.05, 0) is 39.3 Å². The van der Waals surface area contributed by atoms with E-state index in [-0.39, 0.29) is 25.5 Å². The molecule has 0 saturated heterocycles. The maximum absolute atomic E-state index is 12.0. The number of aliphatic carboxylic acids is 1. The second-order valence-electron chi connectivity index (χ2n) is 7.35. The number of esters is 1. The molecule has 0 aliphatic carbocycles. The number of fused-ring (bicyclic) bond motifs is 1. The maximum atomic E-state index is 12.0. The lowest BCUT2D eigenvalue weighted by Gasteiger charge is -2.22. The number of hydrogen-bond donors (Lipinski definition) is 2. The van der Waals surface area contributed by atoms with E-state index in [0.29, 0.717) is 5.56 Å². The van der Waals surface area contributed by atoms with E-state index in [1.165, 1.54) is 0 Å². The lowest BCUT2D eigenvalue weighted by Crippen LogP contribution is -2.44. The van der Waals surface area contributed by atoms with Gasteiger partial charge in [-0.1, -0.05) is 18.2 Å². The fourth-order valence-electron chi connectivity index (χ4n) is 2.83. The molecule has 0 radical (unpaired) electrons. The Balaban J connectivity index is 2.26. The Morgan fingerprint density at radius 1 is 1.21 bits per heavy atom. The van der Waals surface area contributed by atoms with Gasteiger partial charge < -0.3 is 24.5 Å². The summed E-state index contributed by atoms with van der Waals surface area (Å²) in [5.41, 5.74) is 0.748. The van der Waals surface area contributed by atoms with Crippen LogP contribution in [0.1, 0.15) is 33.3 Å². The van der Waals surface area contributed by atoms with Gasteiger partial charge in [0.1, 0.15) is 18.2 Å². The molecule has 8 nitrogen and oxygen atoms in total. The smallest absolute Gasteiger partial charge is 0.408 e. The number of benzene rings is 1. The van der Waals surface area contributed by atoms with Crippen molar-refractivity contribution >= 4 is 28.9 Å². The summed E-state index contributed by atoms with van der Waals surface area (Å²) in [6, 6.07) is 6.18. The number of carbonyl (C=O) groups is 3. The van der Waals surface area contributed by atoms with Crippen LogP contribution in [0.25, 0.3) is 10.9 Å². The van der Waals surface area contributed by atoms with Crippen molar-refractivity contribution in [1.29, 1.82) is 0 Å². The van der Waals surface area contributed by atoms with E-state index in [1.807, 2.05) is 24.3 Å². The van der Waals surface area contributed by atoms with Crippen molar-refractivity contribution in [2.45, 2.75) is 52.3 Å². The quantitative estimate of drug-likeness (QED) is 0.704. The zero-order valence-corrected chi connectivity index (χ0v) is 16.5. The molecule has 2 N–H and O–H groups in total. The summed E-state index contributed by atoms with van der Waals surface area (Å²) in [4.78, 5) is 35.5. The summed E-state index contributed by atoms with van der Waals surface area (Å²) in [6.45, 7) is 7.14. The minimum absolute atomic E-state index is 0.0194. The first-order chi connectivity index (χ1) is 13.1. The van der Waals surface area contributed by atoms with Crippen LogP contribution in [0.4, 0.5) is 4.79 Å². The summed E-state index contributed by atoms with van der Waals surface area (Å²) >= 11 is 0. The fourth-order valence-corrected chi connectivity index (χ4v) is 2.83. The van der Waals surface area contributed by atoms with Gasteiger partial charge in [0.25, 0.3) is 0 Å². The number of nitrogens with one attached hydrogen (secondary N) is 1. The molecule has 1 heterocycles. The van der Waals surface area contributed by atoms with Gasteiger partial charge in [0.2, 0.25) is 0 Å². The zero-order valence-electron chi connectivity index (χ0n) is 16.5. The number of carboxylic acid groups (broad SMARTS) is 1. The molecule has 2 rings (SSSR count). The number of aromatic nitrogens is 1. The van der Waals surface area contributed by atoms with Crippen molar-refractivity contribution in [2.24, 2.45) is 0 Å². The summed E-state index contributed by atoms with van der Waals surface area (Å²) in [6.07, 6.45) is 0.967. The third kappa shape index (κ3) is 5.73. The molecule has 1 aromatic carbocycles. The third-order valence-corrected chi connectivity index (χ3v) is 3.89. The number of carbonyl (C=O) groups excluding carboxylic acids is 2. The Labute approximate surface area is 163 Å². The van der Waals surface area contributed by atoms with Crippen LogP contribution in [0.3, 0.4) is 0 Å². The lowest BCUT2D eigenvalue weighted by atomic mass is 10.1. The number of para-hydroxylation sites is 1. The van der Waals surface area contributed by atoms with Crippen molar-refractivity contribution in [1.82, 2.24) is 9.88 Å². The fraction of sp³-hybridized carbons (Fsp3) is 0.450. The Kier molecular flexibility index (Phi) is 6.66. The molecular formula is C20H26N2O6. The molecule has 0 aliphatic rings. The standard InChI is InChI=1S/C20H26N2O6/c1-5-27-17(23)12-22-11-13(14-8-6-7-9-16(14)22)10-15(18(24)25)21-19(26)28-20(2,3)4/h6-9,11,15H,5,10,12H2,1-4H3,(H,21,26)(H,24,25). The molecule has 2 aromatic rings. The first-order valence-corrected chi connectivity index (χ1v) is 9.05. The molecule has 1 amide bonds. The monoisotopic (exact) mass is 390 g/mol. The van der Waals surface area contributed by atoms with Gasteiger partial charge in [0.15, 0.2) is 0 Å². The van der Waals surface area contributed by atoms with E-state index in [1.54, 1.807) is 38.5 Å². The van der Waals surface area contributed by atoms with E-state index >= 15 is 0 Å². The minimum atomic E-state index is -1.17. The molecule has 0 spiro atoms. The number of hydrogen-bond acceptors (Lipinski definition) is 5. The summed E-state index contributed by atoms with van der Waals surface area (Å²) in [5, 5.41) is 12.7. The number of nitrogens with zero attached hydrogens (tertiary/aromatic N) is 1. The number of ether oxygens (including phenoxy) is 2. The van der Waals surface area contributed by atoms with E-state index in [2.05, 4.69) is 5.32 Å². The third-order valence-electron chi connectivity index (χ3n) is 3.89. The van der Waals surface area contributed by atoms with Gasteiger partial charge in [-0.3, -0.25) is 4.79 Å². The summed E-state index contributed by atoms with van der Waals surface area (Å²) in [7, 11) is 0. The maximum Gasteiger partial charge on any atom is 0.408 e. The molecule has 8 heteroatoms. The Bertz CT molecular complexity index is 865. The summed E-state index contributed by atoms with van der Waals surface area (Å²) in [5.74, 6) is -1.55. The van der Waals surface area contributed by atoms with Crippen LogP contribution in [0.5, 0.6) is 0 Å². The highest BCUT2D eigenvalue weighted by Gasteiger charge is 2.25. The highest BCUT2D eigenvalue weighted by Crippen LogP contribution is 2.23. The predicted molar refractivity (Wildman–Crippen MR) is 103 cm³/mol. The Morgan fingerprint density at radius 3 is 2.50 bits per heavy atom. The molecule has 0 bridgehead atoms. The van der Waals surface area contributed by atoms with Crippen LogP contribution in [0.15, 0.2) is 30.5 Å². The number of alkyl carbamates (subject to hydrolysis) is 1. The largest absolute Gasteiger partial charge is 0.480 e. The van der Waals surface area contributed by atoms with Crippen molar-refractivity contribution in [2.75, 3.05) is 6.61 Å². The average Bonchev–Trinajstić information content (AvgIpc) is 2.90. The topological polar surface area (TPSA) is 107 Å². The first-order valence-electron chi connectivity index (χ1n) is 9.05. The average molecular weight is 390 g/mol. The van der Waals surface area contributed by atoms with Crippen LogP contribution in [0.2, 0.25) is 0 Å². The van der Waals surface area contributed by atoms with E-state index in [4.69, 9.17) is 9.47 Å². The van der Waals surface area contributed by atoms with Crippen LogP contribution >= 0.6 is 0 Å². The molecule has 0 aliphatic heterocycles. The molecule has 152 valence electrons. The number of carboxylic acids is 1. The molecule has 28 heavy (non-hydrogen) atoms. The van der Waals surface area contributed by atoms with Crippen LogP contribution in [-0.2, 0) is 32.0 Å². The molecular weight excluding hydrogens is 364 g/mol.